The first-order chi connectivity index (χ1) is 16.6. The Morgan fingerprint density at radius 2 is 1.66 bits per heavy atom. The molecule has 0 aliphatic carbocycles. The van der Waals surface area contributed by atoms with Crippen LogP contribution in [0.2, 0.25) is 10.0 Å². The van der Waals surface area contributed by atoms with Crippen molar-refractivity contribution in [1.29, 1.82) is 0 Å². The van der Waals surface area contributed by atoms with Crippen LogP contribution in [-0.2, 0) is 11.3 Å². The Hall–Kier alpha value is -3.35. The largest absolute Gasteiger partial charge is 0.497 e. The first-order valence-electron chi connectivity index (χ1n) is 10.8. The van der Waals surface area contributed by atoms with Gasteiger partial charge in [0.25, 0.3) is 5.91 Å². The number of ether oxygens (including phenoxy) is 1. The van der Waals surface area contributed by atoms with Crippen molar-refractivity contribution in [1.82, 2.24) is 4.90 Å². The number of aryl methyl sites for hydroxylation is 1. The lowest BCUT2D eigenvalue weighted by atomic mass is 10.0. The number of benzene rings is 3. The lowest BCUT2D eigenvalue weighted by Gasteiger charge is -2.25. The SMILES string of the molecule is COc1cccc(C(=O)CC(=O)N(Cc2ccc(Cl)c(Cl)c2)c2ccc(C)c(C(=O)N(C)C)c2)c1. The molecule has 8 heteroatoms. The lowest BCUT2D eigenvalue weighted by Crippen LogP contribution is -2.32. The van der Waals surface area contributed by atoms with Crippen LogP contribution >= 0.6 is 23.2 Å². The Morgan fingerprint density at radius 1 is 0.914 bits per heavy atom. The summed E-state index contributed by atoms with van der Waals surface area (Å²) < 4.78 is 5.19. The van der Waals surface area contributed by atoms with Gasteiger partial charge in [0.15, 0.2) is 5.78 Å². The van der Waals surface area contributed by atoms with Gasteiger partial charge in [0.1, 0.15) is 5.75 Å². The molecule has 6 nitrogen and oxygen atoms in total. The van der Waals surface area contributed by atoms with Crippen LogP contribution in [0.3, 0.4) is 0 Å². The van der Waals surface area contributed by atoms with Crippen LogP contribution in [0.1, 0.15) is 38.3 Å². The monoisotopic (exact) mass is 512 g/mol. The van der Waals surface area contributed by atoms with Crippen molar-refractivity contribution in [2.75, 3.05) is 26.1 Å². The third kappa shape index (κ3) is 6.41. The van der Waals surface area contributed by atoms with Crippen LogP contribution < -0.4 is 9.64 Å². The molecule has 0 saturated carbocycles. The first kappa shape index (κ1) is 26.3. The van der Waals surface area contributed by atoms with Gasteiger partial charge in [0, 0.05) is 30.9 Å². The molecule has 3 rings (SSSR count). The number of carbonyl (C=O) groups is 3. The molecule has 0 spiro atoms. The smallest absolute Gasteiger partial charge is 0.253 e. The van der Waals surface area contributed by atoms with E-state index in [0.717, 1.165) is 11.1 Å². The second-order valence-corrected chi connectivity index (χ2v) is 9.07. The van der Waals surface area contributed by atoms with Crippen LogP contribution in [0.25, 0.3) is 0 Å². The zero-order valence-corrected chi connectivity index (χ0v) is 21.5. The van der Waals surface area contributed by atoms with E-state index >= 15 is 0 Å². The van der Waals surface area contributed by atoms with Crippen molar-refractivity contribution in [2.45, 2.75) is 19.9 Å². The van der Waals surface area contributed by atoms with Crippen LogP contribution in [-0.4, -0.2) is 43.7 Å². The highest BCUT2D eigenvalue weighted by Crippen LogP contribution is 2.27. The van der Waals surface area contributed by atoms with Crippen molar-refractivity contribution < 1.29 is 19.1 Å². The summed E-state index contributed by atoms with van der Waals surface area (Å²) >= 11 is 12.2. The highest BCUT2D eigenvalue weighted by Gasteiger charge is 2.23. The van der Waals surface area contributed by atoms with Gasteiger partial charge in [-0.05, 0) is 54.4 Å². The second kappa shape index (κ2) is 11.4. The summed E-state index contributed by atoms with van der Waals surface area (Å²) in [4.78, 5) is 42.0. The molecule has 3 aromatic rings. The fourth-order valence-electron chi connectivity index (χ4n) is 3.52. The molecule has 0 aliphatic rings. The van der Waals surface area contributed by atoms with Gasteiger partial charge in [-0.2, -0.15) is 0 Å². The number of rotatable bonds is 8. The number of methoxy groups -OCH3 is 1. The number of Topliss-reactive ketones (excluding diaryl/α,β-unsaturated/α-hetero) is 1. The van der Waals surface area contributed by atoms with Gasteiger partial charge in [0.05, 0.1) is 30.1 Å². The van der Waals surface area contributed by atoms with Gasteiger partial charge < -0.3 is 14.5 Å². The lowest BCUT2D eigenvalue weighted by molar-refractivity contribution is -0.117. The predicted octanol–water partition coefficient (Wildman–Crippen LogP) is 5.82. The maximum absolute atomic E-state index is 13.5. The number of halogens is 2. The third-order valence-electron chi connectivity index (χ3n) is 5.50. The minimum Gasteiger partial charge on any atom is -0.497 e. The summed E-state index contributed by atoms with van der Waals surface area (Å²) in [6.45, 7) is 1.97. The standard InChI is InChI=1S/C27H26Cl2N2O4/c1-17-8-10-20(14-22(17)27(34)30(2)3)31(16-18-9-11-23(28)24(29)12-18)26(33)15-25(32)19-6-5-7-21(13-19)35-4/h5-14H,15-16H2,1-4H3. The Labute approximate surface area is 215 Å². The van der Waals surface area contributed by atoms with Crippen molar-refractivity contribution in [2.24, 2.45) is 0 Å². The molecule has 0 radical (unpaired) electrons. The van der Waals surface area contributed by atoms with Gasteiger partial charge in [-0.25, -0.2) is 0 Å². The number of hydrogen-bond donors (Lipinski definition) is 0. The molecule has 0 aliphatic heterocycles. The first-order valence-corrected chi connectivity index (χ1v) is 11.6. The molecular formula is C27H26Cl2N2O4. The molecule has 0 aromatic heterocycles. The molecule has 2 amide bonds. The molecule has 0 N–H and O–H groups in total. The summed E-state index contributed by atoms with van der Waals surface area (Å²) in [5.41, 5.74) is 2.85. The van der Waals surface area contributed by atoms with E-state index < -0.39 is 5.91 Å². The van der Waals surface area contributed by atoms with E-state index in [9.17, 15) is 14.4 Å². The highest BCUT2D eigenvalue weighted by atomic mass is 35.5. The van der Waals surface area contributed by atoms with Gasteiger partial charge in [-0.3, -0.25) is 14.4 Å². The Kier molecular flexibility index (Phi) is 8.54. The molecule has 0 fully saturated rings. The number of anilines is 1. The highest BCUT2D eigenvalue weighted by molar-refractivity contribution is 6.42. The average Bonchev–Trinajstić information content (AvgIpc) is 2.84. The normalized spacial score (nSPS) is 10.6. The molecule has 0 unspecified atom stereocenters. The summed E-state index contributed by atoms with van der Waals surface area (Å²) in [6, 6.07) is 17.0. The van der Waals surface area contributed by atoms with Crippen LogP contribution in [0.5, 0.6) is 5.75 Å². The maximum Gasteiger partial charge on any atom is 0.253 e. The van der Waals surface area contributed by atoms with Gasteiger partial charge in [-0.1, -0.05) is 47.5 Å². The summed E-state index contributed by atoms with van der Waals surface area (Å²) in [6.07, 6.45) is -0.362. The molecule has 0 atom stereocenters. The van der Waals surface area contributed by atoms with E-state index in [1.165, 1.54) is 16.9 Å². The molecule has 182 valence electrons. The molecule has 35 heavy (non-hydrogen) atoms. The van der Waals surface area contributed by atoms with Gasteiger partial charge in [0.2, 0.25) is 5.91 Å². The number of hydrogen-bond acceptors (Lipinski definition) is 4. The number of ketones is 1. The van der Waals surface area contributed by atoms with Crippen LogP contribution in [0.4, 0.5) is 5.69 Å². The quantitative estimate of drug-likeness (QED) is 0.281. The van der Waals surface area contributed by atoms with Crippen molar-refractivity contribution >= 4 is 46.5 Å². The van der Waals surface area contributed by atoms with Crippen molar-refractivity contribution in [3.05, 3.63) is 93.0 Å². The topological polar surface area (TPSA) is 66.9 Å². The zero-order chi connectivity index (χ0) is 25.7. The number of nitrogens with zero attached hydrogens (tertiary/aromatic N) is 2. The van der Waals surface area contributed by atoms with E-state index in [0.29, 0.717) is 32.6 Å². The van der Waals surface area contributed by atoms with Gasteiger partial charge >= 0.3 is 0 Å². The second-order valence-electron chi connectivity index (χ2n) is 8.26. The van der Waals surface area contributed by atoms with E-state index in [1.807, 2.05) is 6.92 Å². The zero-order valence-electron chi connectivity index (χ0n) is 20.0. The predicted molar refractivity (Wildman–Crippen MR) is 139 cm³/mol. The molecule has 0 bridgehead atoms. The number of carbonyl (C=O) groups excluding carboxylic acids is 3. The van der Waals surface area contributed by atoms with Gasteiger partial charge in [-0.15, -0.1) is 0 Å². The molecule has 0 heterocycles. The van der Waals surface area contributed by atoms with Crippen LogP contribution in [0, 0.1) is 6.92 Å². The Morgan fingerprint density at radius 3 is 2.31 bits per heavy atom. The minimum absolute atomic E-state index is 0.139. The van der Waals surface area contributed by atoms with Crippen LogP contribution in [0.15, 0.2) is 60.7 Å². The maximum atomic E-state index is 13.5. The third-order valence-corrected chi connectivity index (χ3v) is 6.24. The Balaban J connectivity index is 1.98. The summed E-state index contributed by atoms with van der Waals surface area (Å²) in [5.74, 6) is -0.416. The fourth-order valence-corrected chi connectivity index (χ4v) is 3.85. The Bertz CT molecular complexity index is 1270. The summed E-state index contributed by atoms with van der Waals surface area (Å²) in [5, 5.41) is 0.757. The van der Waals surface area contributed by atoms with Crippen molar-refractivity contribution in [3.8, 4) is 5.75 Å². The molecule has 0 saturated heterocycles. The molecular weight excluding hydrogens is 487 g/mol. The summed E-state index contributed by atoms with van der Waals surface area (Å²) in [7, 11) is 4.84. The van der Waals surface area contributed by atoms with E-state index in [4.69, 9.17) is 27.9 Å². The molecule has 3 aromatic carbocycles. The van der Waals surface area contributed by atoms with E-state index in [-0.39, 0.29) is 24.7 Å². The number of amides is 2. The van der Waals surface area contributed by atoms with Crippen molar-refractivity contribution in [3.63, 3.8) is 0 Å². The van der Waals surface area contributed by atoms with E-state index in [2.05, 4.69) is 0 Å². The van der Waals surface area contributed by atoms with E-state index in [1.54, 1.807) is 74.8 Å². The minimum atomic E-state index is -0.420. The fraction of sp³-hybridized carbons (Fsp3) is 0.222. The average molecular weight is 513 g/mol.